The van der Waals surface area contributed by atoms with E-state index in [-0.39, 0.29) is 17.4 Å². The second-order valence-electron chi connectivity index (χ2n) is 9.98. The summed E-state index contributed by atoms with van der Waals surface area (Å²) in [5.41, 5.74) is 3.11. The quantitative estimate of drug-likeness (QED) is 0.385. The molecule has 0 bridgehead atoms. The lowest BCUT2D eigenvalue weighted by Crippen LogP contribution is -2.50. The van der Waals surface area contributed by atoms with Crippen molar-refractivity contribution in [3.8, 4) is 5.75 Å². The molecule has 3 unspecified atom stereocenters. The largest absolute Gasteiger partial charge is 0.492 e. The Morgan fingerprint density at radius 3 is 2.52 bits per heavy atom. The molecule has 2 aromatic rings. The molecule has 0 spiro atoms. The first kappa shape index (κ1) is 28.7. The van der Waals surface area contributed by atoms with Gasteiger partial charge in [-0.1, -0.05) is 42.1 Å². The number of fused-ring (bicyclic) bond motifs is 1. The Morgan fingerprint density at radius 2 is 1.80 bits per heavy atom. The van der Waals surface area contributed by atoms with E-state index in [0.717, 1.165) is 60.3 Å². The number of hydrogen-bond donors (Lipinski definition) is 0. The van der Waals surface area contributed by atoms with Crippen LogP contribution in [0.3, 0.4) is 0 Å². The fraction of sp³-hybridized carbons (Fsp3) is 0.452. The summed E-state index contributed by atoms with van der Waals surface area (Å²) in [6.45, 7) is 9.26. The molecule has 0 saturated carbocycles. The number of carbonyl (C=O) groups excluding carboxylic acids is 1. The number of hydrogen-bond acceptors (Lipinski definition) is 8. The molecule has 214 valence electrons. The van der Waals surface area contributed by atoms with Gasteiger partial charge in [-0.25, -0.2) is 0 Å². The number of anilines is 1. The first-order valence-corrected chi connectivity index (χ1v) is 14.7. The highest BCUT2D eigenvalue weighted by Crippen LogP contribution is 2.52. The number of rotatable bonds is 10. The number of para-hydroxylation sites is 2. The van der Waals surface area contributed by atoms with Crippen molar-refractivity contribution in [2.75, 3.05) is 65.1 Å². The molecule has 40 heavy (non-hydrogen) atoms. The van der Waals surface area contributed by atoms with Crippen LogP contribution in [-0.4, -0.2) is 87.8 Å². The van der Waals surface area contributed by atoms with Gasteiger partial charge in [-0.05, 0) is 43.4 Å². The van der Waals surface area contributed by atoms with E-state index in [1.165, 1.54) is 0 Å². The van der Waals surface area contributed by atoms with Gasteiger partial charge in [0.2, 0.25) is 11.7 Å². The second kappa shape index (κ2) is 12.8. The number of benzene rings is 2. The molecule has 9 heteroatoms. The predicted octanol–water partition coefficient (Wildman–Crippen LogP) is 4.69. The van der Waals surface area contributed by atoms with Crippen molar-refractivity contribution in [3.63, 3.8) is 0 Å². The van der Waals surface area contributed by atoms with Crippen molar-refractivity contribution in [3.05, 3.63) is 78.0 Å². The normalized spacial score (nSPS) is 24.6. The van der Waals surface area contributed by atoms with Crippen LogP contribution in [0.1, 0.15) is 24.8 Å². The minimum Gasteiger partial charge on any atom is -0.492 e. The van der Waals surface area contributed by atoms with E-state index in [1.54, 1.807) is 32.9 Å². The molecule has 1 amide bonds. The molecule has 1 saturated heterocycles. The van der Waals surface area contributed by atoms with E-state index >= 15 is 0 Å². The van der Waals surface area contributed by atoms with Crippen molar-refractivity contribution < 1.29 is 23.7 Å². The molecule has 0 aromatic heterocycles. The SMILES string of the molecule is CCOC1(OC)C=CC(N2CCN(CCOc3ccccc3C3Sc4ccccc4N3C(C)=O)CC2)=CC1OC. The molecule has 0 N–H and O–H groups in total. The number of nitrogens with zero attached hydrogens (tertiary/aromatic N) is 3. The third-order valence-corrected chi connectivity index (χ3v) is 8.96. The van der Waals surface area contributed by atoms with Crippen LogP contribution in [0, 0.1) is 0 Å². The summed E-state index contributed by atoms with van der Waals surface area (Å²) in [5, 5.41) is -0.137. The molecule has 2 aromatic carbocycles. The zero-order valence-corrected chi connectivity index (χ0v) is 24.6. The van der Waals surface area contributed by atoms with Crippen molar-refractivity contribution in [2.45, 2.75) is 36.0 Å². The first-order valence-electron chi connectivity index (χ1n) is 13.9. The van der Waals surface area contributed by atoms with Crippen LogP contribution in [0.5, 0.6) is 5.75 Å². The maximum atomic E-state index is 12.6. The molecule has 1 aliphatic carbocycles. The van der Waals surface area contributed by atoms with Gasteiger partial charge in [0.15, 0.2) is 0 Å². The smallest absolute Gasteiger partial charge is 0.225 e. The molecule has 1 fully saturated rings. The maximum Gasteiger partial charge on any atom is 0.225 e. The highest BCUT2D eigenvalue weighted by Gasteiger charge is 2.40. The molecular formula is C31H39N3O5S. The summed E-state index contributed by atoms with van der Waals surface area (Å²) in [4.78, 5) is 20.4. The van der Waals surface area contributed by atoms with Gasteiger partial charge < -0.3 is 23.8 Å². The maximum absolute atomic E-state index is 12.6. The Morgan fingerprint density at radius 1 is 1.05 bits per heavy atom. The molecule has 2 heterocycles. The summed E-state index contributed by atoms with van der Waals surface area (Å²) in [6.07, 6.45) is 5.83. The predicted molar refractivity (Wildman–Crippen MR) is 158 cm³/mol. The fourth-order valence-corrected chi connectivity index (χ4v) is 6.96. The third kappa shape index (κ3) is 5.80. The van der Waals surface area contributed by atoms with E-state index in [4.69, 9.17) is 18.9 Å². The second-order valence-corrected chi connectivity index (χ2v) is 11.1. The highest BCUT2D eigenvalue weighted by atomic mass is 32.2. The van der Waals surface area contributed by atoms with Crippen LogP contribution in [0.2, 0.25) is 0 Å². The van der Waals surface area contributed by atoms with Crippen LogP contribution in [0.4, 0.5) is 5.69 Å². The number of allylic oxidation sites excluding steroid dienone is 1. The Labute approximate surface area is 241 Å². The van der Waals surface area contributed by atoms with E-state index in [0.29, 0.717) is 13.2 Å². The van der Waals surface area contributed by atoms with E-state index in [1.807, 2.05) is 54.3 Å². The molecule has 3 aliphatic rings. The highest BCUT2D eigenvalue weighted by molar-refractivity contribution is 8.00. The van der Waals surface area contributed by atoms with Crippen molar-refractivity contribution >= 4 is 23.4 Å². The lowest BCUT2D eigenvalue weighted by atomic mass is 10.0. The average Bonchev–Trinajstić information content (AvgIpc) is 3.38. The van der Waals surface area contributed by atoms with E-state index in [9.17, 15) is 4.79 Å². The molecule has 3 atom stereocenters. The van der Waals surface area contributed by atoms with Crippen molar-refractivity contribution in [1.29, 1.82) is 0 Å². The van der Waals surface area contributed by atoms with Gasteiger partial charge in [-0.15, -0.1) is 0 Å². The topological polar surface area (TPSA) is 63.7 Å². The zero-order chi connectivity index (χ0) is 28.1. The van der Waals surface area contributed by atoms with Crippen molar-refractivity contribution in [2.24, 2.45) is 0 Å². The molecule has 8 nitrogen and oxygen atoms in total. The minimum atomic E-state index is -0.885. The van der Waals surface area contributed by atoms with Crippen LogP contribution >= 0.6 is 11.8 Å². The zero-order valence-electron chi connectivity index (χ0n) is 23.7. The van der Waals surface area contributed by atoms with Crippen LogP contribution in [-0.2, 0) is 19.0 Å². The number of thioether (sulfide) groups is 1. The van der Waals surface area contributed by atoms with Gasteiger partial charge in [-0.2, -0.15) is 0 Å². The Hall–Kier alpha value is -2.82. The third-order valence-electron chi connectivity index (χ3n) is 7.67. The minimum absolute atomic E-state index is 0.0284. The standard InChI is InChI=1S/C31H39N3O5S/c1-5-39-31(37-4)15-14-24(22-29(31)36-3)33-18-16-32(17-19-33)20-21-38-27-12-8-6-10-25(27)30-34(23(2)35)26-11-7-9-13-28(26)40-30/h6-15,22,29-30H,5,16-21H2,1-4H3. The van der Waals surface area contributed by atoms with Gasteiger partial charge in [0.05, 0.1) is 5.69 Å². The number of carbonyl (C=O) groups is 1. The van der Waals surface area contributed by atoms with Crippen molar-refractivity contribution in [1.82, 2.24) is 9.80 Å². The Bertz CT molecular complexity index is 1240. The molecule has 2 aliphatic heterocycles. The van der Waals surface area contributed by atoms with Gasteiger partial charge in [0.1, 0.15) is 23.8 Å². The van der Waals surface area contributed by atoms with E-state index in [2.05, 4.69) is 34.1 Å². The van der Waals surface area contributed by atoms with Gasteiger partial charge >= 0.3 is 0 Å². The lowest BCUT2D eigenvalue weighted by Gasteiger charge is -2.41. The lowest BCUT2D eigenvalue weighted by molar-refractivity contribution is -0.233. The number of ether oxygens (including phenoxy) is 4. The molecule has 5 rings (SSSR count). The first-order chi connectivity index (χ1) is 19.5. The number of methoxy groups -OCH3 is 2. The van der Waals surface area contributed by atoms with Crippen LogP contribution < -0.4 is 9.64 Å². The van der Waals surface area contributed by atoms with Gasteiger partial charge in [0.25, 0.3) is 0 Å². The summed E-state index contributed by atoms with van der Waals surface area (Å²) in [6, 6.07) is 16.1. The Balaban J connectivity index is 1.16. The monoisotopic (exact) mass is 565 g/mol. The fourth-order valence-electron chi connectivity index (χ4n) is 5.59. The summed E-state index contributed by atoms with van der Waals surface area (Å²) < 4.78 is 23.6. The van der Waals surface area contributed by atoms with Crippen LogP contribution in [0.25, 0.3) is 0 Å². The Kier molecular flexibility index (Phi) is 9.17. The number of amides is 1. The van der Waals surface area contributed by atoms with Crippen LogP contribution in [0.15, 0.2) is 77.4 Å². The number of piperazine rings is 1. The summed E-state index contributed by atoms with van der Waals surface area (Å²) >= 11 is 1.69. The van der Waals surface area contributed by atoms with Gasteiger partial charge in [0, 0.05) is 76.6 Å². The van der Waals surface area contributed by atoms with Gasteiger partial charge in [-0.3, -0.25) is 14.6 Å². The molecule has 0 radical (unpaired) electrons. The summed E-state index contributed by atoms with van der Waals surface area (Å²) in [7, 11) is 3.33. The summed E-state index contributed by atoms with van der Waals surface area (Å²) in [5.74, 6) is -0.0265. The average molecular weight is 566 g/mol. The van der Waals surface area contributed by atoms with E-state index < -0.39 is 5.79 Å². The molecular weight excluding hydrogens is 526 g/mol.